The third-order valence-corrected chi connectivity index (χ3v) is 4.09. The highest BCUT2D eigenvalue weighted by molar-refractivity contribution is 9.09. The summed E-state index contributed by atoms with van der Waals surface area (Å²) < 4.78 is 0. The van der Waals surface area contributed by atoms with E-state index in [0.29, 0.717) is 16.7 Å². The number of rotatable bonds is 4. The van der Waals surface area contributed by atoms with Crippen LogP contribution in [0.2, 0.25) is 0 Å². The maximum atomic E-state index is 11.8. The normalized spacial score (nSPS) is 19.9. The van der Waals surface area contributed by atoms with Gasteiger partial charge in [-0.25, -0.2) is 0 Å². The van der Waals surface area contributed by atoms with E-state index in [9.17, 15) is 4.79 Å². The zero-order valence-electron chi connectivity index (χ0n) is 9.54. The third kappa shape index (κ3) is 5.25. The lowest BCUT2D eigenvalue weighted by Gasteiger charge is -2.24. The van der Waals surface area contributed by atoms with E-state index in [4.69, 9.17) is 0 Å². The van der Waals surface area contributed by atoms with Crippen molar-refractivity contribution in [3.63, 3.8) is 0 Å². The van der Waals surface area contributed by atoms with Crippen LogP contribution >= 0.6 is 27.7 Å². The molecule has 15 heavy (non-hydrogen) atoms. The average molecular weight is 294 g/mol. The number of hydrogen-bond donors (Lipinski definition) is 0. The molecule has 1 unspecified atom stereocenters. The maximum absolute atomic E-state index is 11.8. The van der Waals surface area contributed by atoms with Gasteiger partial charge in [0.15, 0.2) is 0 Å². The van der Waals surface area contributed by atoms with Gasteiger partial charge in [0.1, 0.15) is 0 Å². The van der Waals surface area contributed by atoms with Crippen molar-refractivity contribution in [3.8, 4) is 0 Å². The van der Waals surface area contributed by atoms with Gasteiger partial charge in [0, 0.05) is 24.8 Å². The standard InChI is InChI=1S/C11H20BrNOS/c1-9(12)8-13(2)11(14)7-10-3-5-15-6-4-10/h9-10H,3-8H2,1-2H3. The molecule has 1 aliphatic rings. The van der Waals surface area contributed by atoms with Crippen LogP contribution in [0.5, 0.6) is 0 Å². The molecule has 1 saturated heterocycles. The number of alkyl halides is 1. The van der Waals surface area contributed by atoms with Gasteiger partial charge in [-0.05, 0) is 30.3 Å². The molecular weight excluding hydrogens is 274 g/mol. The Kier molecular flexibility index (Phi) is 6.05. The summed E-state index contributed by atoms with van der Waals surface area (Å²) in [6, 6.07) is 0. The molecule has 0 bridgehead atoms. The average Bonchev–Trinajstić information content (AvgIpc) is 2.18. The number of carbonyl (C=O) groups excluding carboxylic acids is 1. The number of nitrogens with zero attached hydrogens (tertiary/aromatic N) is 1. The van der Waals surface area contributed by atoms with Crippen LogP contribution in [0.4, 0.5) is 0 Å². The maximum Gasteiger partial charge on any atom is 0.222 e. The zero-order valence-corrected chi connectivity index (χ0v) is 11.9. The zero-order chi connectivity index (χ0) is 11.3. The minimum atomic E-state index is 0.304. The number of amides is 1. The predicted molar refractivity (Wildman–Crippen MR) is 70.7 cm³/mol. The van der Waals surface area contributed by atoms with Crippen LogP contribution in [-0.2, 0) is 4.79 Å². The second kappa shape index (κ2) is 6.79. The molecule has 1 amide bonds. The lowest BCUT2D eigenvalue weighted by atomic mass is 9.98. The summed E-state index contributed by atoms with van der Waals surface area (Å²) in [4.78, 5) is 14.1. The molecule has 88 valence electrons. The van der Waals surface area contributed by atoms with Crippen molar-refractivity contribution in [2.24, 2.45) is 5.92 Å². The van der Waals surface area contributed by atoms with Gasteiger partial charge in [-0.2, -0.15) is 11.8 Å². The molecule has 0 N–H and O–H groups in total. The Morgan fingerprint density at radius 3 is 2.67 bits per heavy atom. The second-order valence-electron chi connectivity index (χ2n) is 4.31. The molecule has 0 radical (unpaired) electrons. The fourth-order valence-electron chi connectivity index (χ4n) is 1.83. The molecule has 0 aromatic heterocycles. The Morgan fingerprint density at radius 1 is 1.53 bits per heavy atom. The van der Waals surface area contributed by atoms with Crippen molar-refractivity contribution in [2.75, 3.05) is 25.1 Å². The van der Waals surface area contributed by atoms with E-state index in [1.165, 1.54) is 24.3 Å². The Balaban J connectivity index is 2.27. The molecule has 4 heteroatoms. The van der Waals surface area contributed by atoms with E-state index in [2.05, 4.69) is 22.9 Å². The first-order chi connectivity index (χ1) is 7.09. The molecule has 0 aromatic rings. The van der Waals surface area contributed by atoms with Crippen LogP contribution in [0.3, 0.4) is 0 Å². The highest BCUT2D eigenvalue weighted by Crippen LogP contribution is 2.25. The van der Waals surface area contributed by atoms with Crippen LogP contribution in [0.15, 0.2) is 0 Å². The molecule has 0 spiro atoms. The van der Waals surface area contributed by atoms with Crippen molar-refractivity contribution < 1.29 is 4.79 Å². The van der Waals surface area contributed by atoms with Crippen LogP contribution in [0, 0.1) is 5.92 Å². The van der Waals surface area contributed by atoms with Gasteiger partial charge >= 0.3 is 0 Å². The minimum Gasteiger partial charge on any atom is -0.345 e. The van der Waals surface area contributed by atoms with Crippen molar-refractivity contribution in [1.29, 1.82) is 0 Å². The third-order valence-electron chi connectivity index (χ3n) is 2.76. The Labute approximate surface area is 105 Å². The molecule has 2 nitrogen and oxygen atoms in total. The van der Waals surface area contributed by atoms with Crippen molar-refractivity contribution in [1.82, 2.24) is 4.90 Å². The molecule has 0 aliphatic carbocycles. The summed E-state index contributed by atoms with van der Waals surface area (Å²) in [6.45, 7) is 2.88. The van der Waals surface area contributed by atoms with E-state index in [-0.39, 0.29) is 0 Å². The SMILES string of the molecule is CC(Br)CN(C)C(=O)CC1CCSCC1. The second-order valence-corrected chi connectivity index (χ2v) is 7.10. The molecular formula is C11H20BrNOS. The molecule has 1 fully saturated rings. The van der Waals surface area contributed by atoms with E-state index in [1.54, 1.807) is 0 Å². The van der Waals surface area contributed by atoms with Crippen LogP contribution in [0.1, 0.15) is 26.2 Å². The first kappa shape index (κ1) is 13.4. The first-order valence-electron chi connectivity index (χ1n) is 5.55. The van der Waals surface area contributed by atoms with E-state index < -0.39 is 0 Å². The fraction of sp³-hybridized carbons (Fsp3) is 0.909. The molecule has 1 atom stereocenters. The summed E-state index contributed by atoms with van der Waals surface area (Å²) in [5, 5.41) is 0. The van der Waals surface area contributed by atoms with Gasteiger partial charge in [-0.1, -0.05) is 22.9 Å². The topological polar surface area (TPSA) is 20.3 Å². The Morgan fingerprint density at radius 2 is 2.13 bits per heavy atom. The summed E-state index contributed by atoms with van der Waals surface area (Å²) in [6.07, 6.45) is 3.18. The predicted octanol–water partition coefficient (Wildman–Crippen LogP) is 2.76. The van der Waals surface area contributed by atoms with Crippen molar-refractivity contribution >= 4 is 33.6 Å². The number of carbonyl (C=O) groups is 1. The van der Waals surface area contributed by atoms with Crippen molar-refractivity contribution in [3.05, 3.63) is 0 Å². The smallest absolute Gasteiger partial charge is 0.222 e. The van der Waals surface area contributed by atoms with Gasteiger partial charge in [0.05, 0.1) is 0 Å². The lowest BCUT2D eigenvalue weighted by Crippen LogP contribution is -2.33. The van der Waals surface area contributed by atoms with Crippen LogP contribution in [-0.4, -0.2) is 40.7 Å². The van der Waals surface area contributed by atoms with E-state index in [1.807, 2.05) is 23.7 Å². The van der Waals surface area contributed by atoms with Gasteiger partial charge in [0.25, 0.3) is 0 Å². The van der Waals surface area contributed by atoms with Gasteiger partial charge in [-0.3, -0.25) is 4.79 Å². The largest absolute Gasteiger partial charge is 0.345 e. The minimum absolute atomic E-state index is 0.304. The summed E-state index contributed by atoms with van der Waals surface area (Å²) in [5.41, 5.74) is 0. The molecule has 0 aromatic carbocycles. The Bertz CT molecular complexity index is 205. The quantitative estimate of drug-likeness (QED) is 0.743. The molecule has 1 aliphatic heterocycles. The number of halogens is 1. The van der Waals surface area contributed by atoms with Gasteiger partial charge in [-0.15, -0.1) is 0 Å². The van der Waals surface area contributed by atoms with Gasteiger partial charge in [0.2, 0.25) is 5.91 Å². The summed E-state index contributed by atoms with van der Waals surface area (Å²) in [7, 11) is 1.90. The van der Waals surface area contributed by atoms with E-state index in [0.717, 1.165) is 13.0 Å². The number of thioether (sulfide) groups is 1. The van der Waals surface area contributed by atoms with Crippen LogP contribution < -0.4 is 0 Å². The van der Waals surface area contributed by atoms with E-state index >= 15 is 0 Å². The summed E-state index contributed by atoms with van der Waals surface area (Å²) >= 11 is 5.48. The Hall–Kier alpha value is 0.300. The van der Waals surface area contributed by atoms with Crippen molar-refractivity contribution in [2.45, 2.75) is 31.0 Å². The highest BCUT2D eigenvalue weighted by Gasteiger charge is 2.19. The fourth-order valence-corrected chi connectivity index (χ4v) is 3.47. The lowest BCUT2D eigenvalue weighted by molar-refractivity contribution is -0.130. The number of hydrogen-bond acceptors (Lipinski definition) is 2. The molecule has 1 rings (SSSR count). The highest BCUT2D eigenvalue weighted by atomic mass is 79.9. The molecule has 1 heterocycles. The molecule has 0 saturated carbocycles. The summed E-state index contributed by atoms with van der Waals surface area (Å²) in [5.74, 6) is 3.40. The van der Waals surface area contributed by atoms with Crippen LogP contribution in [0.25, 0.3) is 0 Å². The first-order valence-corrected chi connectivity index (χ1v) is 7.62. The monoisotopic (exact) mass is 293 g/mol. The van der Waals surface area contributed by atoms with Gasteiger partial charge < -0.3 is 4.90 Å².